The van der Waals surface area contributed by atoms with E-state index in [2.05, 4.69) is 0 Å². The Morgan fingerprint density at radius 2 is 0.784 bits per heavy atom. The molecule has 0 fully saturated rings. The molecule has 6 aromatic carbocycles. The zero-order chi connectivity index (χ0) is 25.2. The highest BCUT2D eigenvalue weighted by molar-refractivity contribution is 6.14. The largest absolute Gasteiger partial charge is 0.386 e. The molecule has 0 unspecified atom stereocenters. The normalized spacial score (nSPS) is 10.9. The standard InChI is InChI=1S/C34H22O3/c35-33(31-21-27(23-11-3-1-4-12-23)19-25-15-7-9-17-29(25)31)37-34(36)32-22-28(24-13-5-2-6-14-24)20-26-16-8-10-18-30(26)32/h1-22H. The fourth-order valence-electron chi connectivity index (χ4n) is 4.75. The van der Waals surface area contributed by atoms with E-state index in [1.807, 2.05) is 121 Å². The summed E-state index contributed by atoms with van der Waals surface area (Å²) in [5, 5.41) is 3.28. The molecular formula is C34H22O3. The second-order valence-corrected chi connectivity index (χ2v) is 8.90. The topological polar surface area (TPSA) is 43.4 Å². The number of carbonyl (C=O) groups is 2. The summed E-state index contributed by atoms with van der Waals surface area (Å²) in [7, 11) is 0. The molecular weight excluding hydrogens is 456 g/mol. The summed E-state index contributed by atoms with van der Waals surface area (Å²) in [6.45, 7) is 0. The predicted octanol–water partition coefficient (Wildman–Crippen LogP) is 8.32. The lowest BCUT2D eigenvalue weighted by Gasteiger charge is -2.12. The van der Waals surface area contributed by atoms with E-state index in [9.17, 15) is 9.59 Å². The lowest BCUT2D eigenvalue weighted by molar-refractivity contribution is 0.0400. The van der Waals surface area contributed by atoms with Crippen LogP contribution in [0.4, 0.5) is 0 Å². The SMILES string of the molecule is O=C(OC(=O)c1cc(-c2ccccc2)cc2ccccc12)c1cc(-c2ccccc2)cc2ccccc12. The zero-order valence-corrected chi connectivity index (χ0v) is 19.9. The van der Waals surface area contributed by atoms with Crippen molar-refractivity contribution >= 4 is 33.5 Å². The van der Waals surface area contributed by atoms with Crippen molar-refractivity contribution in [2.24, 2.45) is 0 Å². The fraction of sp³-hybridized carbons (Fsp3) is 0. The van der Waals surface area contributed by atoms with Crippen LogP contribution >= 0.6 is 0 Å². The Balaban J connectivity index is 1.42. The minimum Gasteiger partial charge on any atom is -0.386 e. The van der Waals surface area contributed by atoms with Gasteiger partial charge in [0.15, 0.2) is 0 Å². The Bertz CT molecular complexity index is 1640. The highest BCUT2D eigenvalue weighted by Crippen LogP contribution is 2.31. The van der Waals surface area contributed by atoms with Gasteiger partial charge in [-0.15, -0.1) is 0 Å². The van der Waals surface area contributed by atoms with Gasteiger partial charge in [0.25, 0.3) is 0 Å². The molecule has 0 spiro atoms. The Hall–Kier alpha value is -5.02. The number of benzene rings is 6. The van der Waals surface area contributed by atoms with Crippen molar-refractivity contribution in [3.8, 4) is 22.3 Å². The monoisotopic (exact) mass is 478 g/mol. The van der Waals surface area contributed by atoms with Crippen LogP contribution in [0.25, 0.3) is 43.8 Å². The van der Waals surface area contributed by atoms with Crippen LogP contribution < -0.4 is 0 Å². The Morgan fingerprint density at radius 3 is 1.22 bits per heavy atom. The van der Waals surface area contributed by atoms with Crippen molar-refractivity contribution in [2.45, 2.75) is 0 Å². The number of carbonyl (C=O) groups excluding carboxylic acids is 2. The molecule has 0 saturated heterocycles. The van der Waals surface area contributed by atoms with Gasteiger partial charge in [-0.3, -0.25) is 0 Å². The number of hydrogen-bond acceptors (Lipinski definition) is 3. The molecule has 0 aliphatic carbocycles. The molecule has 0 amide bonds. The van der Waals surface area contributed by atoms with Gasteiger partial charge in [0.2, 0.25) is 0 Å². The highest BCUT2D eigenvalue weighted by Gasteiger charge is 2.21. The van der Waals surface area contributed by atoms with Crippen LogP contribution in [0.3, 0.4) is 0 Å². The van der Waals surface area contributed by atoms with E-state index in [1.165, 1.54) is 0 Å². The average molecular weight is 479 g/mol. The lowest BCUT2D eigenvalue weighted by atomic mass is 9.96. The van der Waals surface area contributed by atoms with E-state index in [4.69, 9.17) is 4.74 Å². The van der Waals surface area contributed by atoms with Crippen molar-refractivity contribution in [1.29, 1.82) is 0 Å². The number of ether oxygens (including phenoxy) is 1. The number of fused-ring (bicyclic) bond motifs is 2. The smallest absolute Gasteiger partial charge is 0.346 e. The molecule has 0 aliphatic heterocycles. The quantitative estimate of drug-likeness (QED) is 0.189. The van der Waals surface area contributed by atoms with Crippen LogP contribution in [0.15, 0.2) is 133 Å². The van der Waals surface area contributed by atoms with Crippen LogP contribution in [0, 0.1) is 0 Å². The summed E-state index contributed by atoms with van der Waals surface area (Å²) in [6, 6.07) is 42.6. The Labute approximate surface area is 214 Å². The molecule has 3 nitrogen and oxygen atoms in total. The summed E-state index contributed by atoms with van der Waals surface area (Å²) in [5.74, 6) is -1.35. The zero-order valence-electron chi connectivity index (χ0n) is 19.9. The van der Waals surface area contributed by atoms with Gasteiger partial charge in [0.05, 0.1) is 11.1 Å². The van der Waals surface area contributed by atoms with Crippen molar-refractivity contribution in [1.82, 2.24) is 0 Å². The molecule has 6 aromatic rings. The maximum absolute atomic E-state index is 13.5. The average Bonchev–Trinajstić information content (AvgIpc) is 2.96. The minimum atomic E-state index is -0.673. The Morgan fingerprint density at radius 1 is 0.405 bits per heavy atom. The number of esters is 2. The lowest BCUT2D eigenvalue weighted by Crippen LogP contribution is -2.14. The predicted molar refractivity (Wildman–Crippen MR) is 149 cm³/mol. The summed E-state index contributed by atoms with van der Waals surface area (Å²) in [5.41, 5.74) is 4.44. The summed E-state index contributed by atoms with van der Waals surface area (Å²) in [6.07, 6.45) is 0. The summed E-state index contributed by atoms with van der Waals surface area (Å²) in [4.78, 5) is 26.9. The van der Waals surface area contributed by atoms with E-state index in [-0.39, 0.29) is 0 Å². The van der Waals surface area contributed by atoms with E-state index in [1.54, 1.807) is 12.1 Å². The molecule has 0 atom stereocenters. The van der Waals surface area contributed by atoms with Gasteiger partial charge < -0.3 is 4.74 Å². The van der Waals surface area contributed by atoms with E-state index in [0.29, 0.717) is 11.1 Å². The molecule has 0 aliphatic rings. The first-order valence-electron chi connectivity index (χ1n) is 12.1. The molecule has 0 radical (unpaired) electrons. The molecule has 3 heteroatoms. The Kier molecular flexibility index (Phi) is 5.80. The molecule has 0 N–H and O–H groups in total. The van der Waals surface area contributed by atoms with Gasteiger partial charge in [0.1, 0.15) is 0 Å². The molecule has 0 saturated carbocycles. The van der Waals surface area contributed by atoms with E-state index >= 15 is 0 Å². The first-order valence-corrected chi connectivity index (χ1v) is 12.1. The molecule has 0 bridgehead atoms. The molecule has 176 valence electrons. The van der Waals surface area contributed by atoms with Crippen LogP contribution in [0.5, 0.6) is 0 Å². The number of rotatable bonds is 4. The molecule has 37 heavy (non-hydrogen) atoms. The van der Waals surface area contributed by atoms with E-state index < -0.39 is 11.9 Å². The minimum absolute atomic E-state index is 0.355. The van der Waals surface area contributed by atoms with Gasteiger partial charge in [-0.25, -0.2) is 9.59 Å². The maximum Gasteiger partial charge on any atom is 0.346 e. The number of hydrogen-bond donors (Lipinski definition) is 0. The van der Waals surface area contributed by atoms with Crippen LogP contribution in [-0.2, 0) is 4.74 Å². The maximum atomic E-state index is 13.5. The first kappa shape index (κ1) is 22.4. The summed E-state index contributed by atoms with van der Waals surface area (Å²) < 4.78 is 5.54. The van der Waals surface area contributed by atoms with Crippen molar-refractivity contribution in [3.63, 3.8) is 0 Å². The highest BCUT2D eigenvalue weighted by atomic mass is 16.6. The second kappa shape index (κ2) is 9.56. The van der Waals surface area contributed by atoms with Crippen LogP contribution in [-0.4, -0.2) is 11.9 Å². The van der Waals surface area contributed by atoms with Gasteiger partial charge in [-0.2, -0.15) is 0 Å². The van der Waals surface area contributed by atoms with Crippen LogP contribution in [0.1, 0.15) is 20.7 Å². The second-order valence-electron chi connectivity index (χ2n) is 8.90. The van der Waals surface area contributed by atoms with Gasteiger partial charge in [-0.05, 0) is 68.1 Å². The van der Waals surface area contributed by atoms with Crippen molar-refractivity contribution < 1.29 is 14.3 Å². The third kappa shape index (κ3) is 4.39. The van der Waals surface area contributed by atoms with Crippen LogP contribution in [0.2, 0.25) is 0 Å². The first-order chi connectivity index (χ1) is 18.2. The van der Waals surface area contributed by atoms with Crippen molar-refractivity contribution in [2.75, 3.05) is 0 Å². The third-order valence-corrected chi connectivity index (χ3v) is 6.56. The van der Waals surface area contributed by atoms with Gasteiger partial charge in [-0.1, -0.05) is 109 Å². The molecule has 6 rings (SSSR count). The third-order valence-electron chi connectivity index (χ3n) is 6.56. The summed E-state index contributed by atoms with van der Waals surface area (Å²) >= 11 is 0. The molecule has 0 heterocycles. The van der Waals surface area contributed by atoms with Crippen molar-refractivity contribution in [3.05, 3.63) is 145 Å². The van der Waals surface area contributed by atoms with Gasteiger partial charge in [0, 0.05) is 0 Å². The van der Waals surface area contributed by atoms with Gasteiger partial charge >= 0.3 is 11.9 Å². The van der Waals surface area contributed by atoms with E-state index in [0.717, 1.165) is 43.8 Å². The fourth-order valence-corrected chi connectivity index (χ4v) is 4.75. The molecule has 0 aromatic heterocycles.